The highest BCUT2D eigenvalue weighted by atomic mass is 16.3. The van der Waals surface area contributed by atoms with Crippen LogP contribution < -0.4 is 4.57 Å². The zero-order valence-corrected chi connectivity index (χ0v) is 13.3. The summed E-state index contributed by atoms with van der Waals surface area (Å²) in [6.07, 6.45) is 1.50. The molecule has 24 heavy (non-hydrogen) atoms. The second kappa shape index (κ2) is 5.21. The van der Waals surface area contributed by atoms with Crippen molar-refractivity contribution in [3.63, 3.8) is 0 Å². The van der Waals surface area contributed by atoms with Crippen LogP contribution in [0.4, 0.5) is 0 Å². The Morgan fingerprint density at radius 1 is 1.21 bits per heavy atom. The number of hydrogen-bond donors (Lipinski definition) is 0. The number of benzene rings is 2. The summed E-state index contributed by atoms with van der Waals surface area (Å²) in [5.41, 5.74) is 3.87. The maximum atomic E-state index is 9.40. The lowest BCUT2D eigenvalue weighted by atomic mass is 9.99. The van der Waals surface area contributed by atoms with E-state index in [0.29, 0.717) is 22.4 Å². The van der Waals surface area contributed by atoms with E-state index in [0.717, 1.165) is 21.9 Å². The fourth-order valence-corrected chi connectivity index (χ4v) is 3.13. The Morgan fingerprint density at radius 3 is 2.83 bits per heavy atom. The van der Waals surface area contributed by atoms with Crippen LogP contribution in [0.25, 0.3) is 33.2 Å². The van der Waals surface area contributed by atoms with Crippen LogP contribution >= 0.6 is 0 Å². The van der Waals surface area contributed by atoms with Gasteiger partial charge < -0.3 is 4.42 Å². The van der Waals surface area contributed by atoms with Gasteiger partial charge in [-0.05, 0) is 31.0 Å². The number of aryl methyl sites for hydroxylation is 3. The molecule has 0 amide bonds. The number of nitriles is 1. The molecular formula is C21H17N2O+. The monoisotopic (exact) mass is 317 g/mol. The molecule has 0 unspecified atom stereocenters. The number of nitrogens with zero attached hydrogens (tertiary/aromatic N) is 2. The highest BCUT2D eigenvalue weighted by Gasteiger charge is 2.21. The van der Waals surface area contributed by atoms with E-state index in [4.69, 9.17) is 9.90 Å². The van der Waals surface area contributed by atoms with Crippen molar-refractivity contribution in [2.24, 2.45) is 7.05 Å². The number of para-hydroxylation sites is 1. The maximum absolute atomic E-state index is 9.40. The van der Waals surface area contributed by atoms with E-state index in [-0.39, 0.29) is 11.6 Å². The SMILES string of the molecule is [2H]c1c[n+](C)c(-c2c(C)ccc3c2oc2c(C#N)cccc23)cc1C([2H])([2H])[2H]. The minimum Gasteiger partial charge on any atom is -0.454 e. The predicted molar refractivity (Wildman–Crippen MR) is 94.5 cm³/mol. The highest BCUT2D eigenvalue weighted by Crippen LogP contribution is 2.37. The van der Waals surface area contributed by atoms with E-state index in [1.54, 1.807) is 17.7 Å². The molecule has 0 atom stereocenters. The van der Waals surface area contributed by atoms with Gasteiger partial charge in [-0.1, -0.05) is 24.3 Å². The highest BCUT2D eigenvalue weighted by molar-refractivity contribution is 6.10. The molecule has 0 fully saturated rings. The van der Waals surface area contributed by atoms with E-state index in [1.807, 2.05) is 31.2 Å². The van der Waals surface area contributed by atoms with E-state index in [9.17, 15) is 5.26 Å². The van der Waals surface area contributed by atoms with Crippen LogP contribution in [0, 0.1) is 25.1 Å². The van der Waals surface area contributed by atoms with E-state index < -0.39 is 6.85 Å². The van der Waals surface area contributed by atoms with Crippen molar-refractivity contribution >= 4 is 21.9 Å². The summed E-state index contributed by atoms with van der Waals surface area (Å²) in [4.78, 5) is 0. The van der Waals surface area contributed by atoms with Gasteiger partial charge in [-0.25, -0.2) is 4.57 Å². The topological polar surface area (TPSA) is 40.8 Å². The lowest BCUT2D eigenvalue weighted by Crippen LogP contribution is -2.30. The Hall–Kier alpha value is -3.12. The standard InChI is InChI=1S/C21H17N2O/c1-13-9-10-23(3)18(11-13)19-14(2)7-8-17-16-6-4-5-15(12-22)20(16)24-21(17)19/h4-11H,1-3H3/q+1/i1D3,9D. The van der Waals surface area contributed by atoms with Crippen molar-refractivity contribution in [1.82, 2.24) is 0 Å². The average molecular weight is 317 g/mol. The van der Waals surface area contributed by atoms with Crippen molar-refractivity contribution in [3.8, 4) is 17.3 Å². The van der Waals surface area contributed by atoms with Gasteiger partial charge in [0.2, 0.25) is 5.69 Å². The van der Waals surface area contributed by atoms with Crippen molar-refractivity contribution in [3.05, 3.63) is 65.3 Å². The molecule has 0 aliphatic heterocycles. The minimum atomic E-state index is -2.39. The largest absolute Gasteiger partial charge is 0.454 e. The predicted octanol–water partition coefficient (Wildman–Crippen LogP) is 4.57. The molecule has 3 heteroatoms. The molecule has 116 valence electrons. The first kappa shape index (κ1) is 10.6. The van der Waals surface area contributed by atoms with Crippen LogP contribution in [-0.2, 0) is 7.05 Å². The molecule has 0 spiro atoms. The van der Waals surface area contributed by atoms with Crippen molar-refractivity contribution in [2.75, 3.05) is 0 Å². The molecule has 4 rings (SSSR count). The molecule has 0 aliphatic rings. The summed E-state index contributed by atoms with van der Waals surface area (Å²) in [6, 6.07) is 13.0. The van der Waals surface area contributed by atoms with Crippen LogP contribution in [0.15, 0.2) is 53.1 Å². The van der Waals surface area contributed by atoms with Gasteiger partial charge in [0.1, 0.15) is 18.7 Å². The van der Waals surface area contributed by atoms with E-state index in [2.05, 4.69) is 6.07 Å². The summed E-state index contributed by atoms with van der Waals surface area (Å²) < 4.78 is 39.1. The third-order valence-corrected chi connectivity index (χ3v) is 4.33. The zero-order chi connectivity index (χ0) is 20.2. The second-order valence-electron chi connectivity index (χ2n) is 5.86. The number of fused-ring (bicyclic) bond motifs is 3. The van der Waals surface area contributed by atoms with Crippen LogP contribution in [-0.4, -0.2) is 0 Å². The maximum Gasteiger partial charge on any atom is 0.216 e. The molecule has 2 aromatic heterocycles. The van der Waals surface area contributed by atoms with E-state index >= 15 is 0 Å². The number of pyridine rings is 1. The molecule has 0 N–H and O–H groups in total. The Morgan fingerprint density at radius 2 is 2.04 bits per heavy atom. The molecule has 0 aliphatic carbocycles. The smallest absolute Gasteiger partial charge is 0.216 e. The Kier molecular flexibility index (Phi) is 2.30. The van der Waals surface area contributed by atoms with Crippen molar-refractivity contribution < 1.29 is 14.5 Å². The van der Waals surface area contributed by atoms with Crippen molar-refractivity contribution in [2.45, 2.75) is 13.8 Å². The van der Waals surface area contributed by atoms with Crippen LogP contribution in [0.1, 0.15) is 22.2 Å². The number of hydrogen-bond acceptors (Lipinski definition) is 2. The molecule has 0 radical (unpaired) electrons. The van der Waals surface area contributed by atoms with Gasteiger partial charge in [-0.2, -0.15) is 5.26 Å². The van der Waals surface area contributed by atoms with Gasteiger partial charge in [0.15, 0.2) is 11.8 Å². The van der Waals surface area contributed by atoms with Gasteiger partial charge in [-0.3, -0.25) is 0 Å². The fourth-order valence-electron chi connectivity index (χ4n) is 3.13. The van der Waals surface area contributed by atoms with Crippen LogP contribution in [0.3, 0.4) is 0 Å². The normalized spacial score (nSPS) is 14.0. The molecule has 0 saturated heterocycles. The molecule has 0 saturated carbocycles. The Balaban J connectivity index is 2.13. The number of furan rings is 1. The second-order valence-corrected chi connectivity index (χ2v) is 5.86. The summed E-state index contributed by atoms with van der Waals surface area (Å²) in [5.74, 6) is 0. The number of aromatic nitrogens is 1. The summed E-state index contributed by atoms with van der Waals surface area (Å²) >= 11 is 0. The summed E-state index contributed by atoms with van der Waals surface area (Å²) in [7, 11) is 1.78. The van der Waals surface area contributed by atoms with Gasteiger partial charge in [0.05, 0.1) is 12.5 Å². The van der Waals surface area contributed by atoms with Crippen molar-refractivity contribution in [1.29, 1.82) is 5.26 Å². The third-order valence-electron chi connectivity index (χ3n) is 4.33. The molecule has 2 aromatic carbocycles. The quantitative estimate of drug-likeness (QED) is 0.483. The average Bonchev–Trinajstić information content (AvgIpc) is 3.00. The summed E-state index contributed by atoms with van der Waals surface area (Å²) in [6.45, 7) is -0.458. The first-order valence-corrected chi connectivity index (χ1v) is 7.58. The zero-order valence-electron chi connectivity index (χ0n) is 17.3. The molecule has 2 heterocycles. The van der Waals surface area contributed by atoms with Crippen LogP contribution in [0.5, 0.6) is 0 Å². The molecule has 0 bridgehead atoms. The van der Waals surface area contributed by atoms with Crippen LogP contribution in [0.2, 0.25) is 0 Å². The van der Waals surface area contributed by atoms with Gasteiger partial charge in [-0.15, -0.1) is 0 Å². The van der Waals surface area contributed by atoms with Gasteiger partial charge >= 0.3 is 0 Å². The Labute approximate surface area is 146 Å². The van der Waals surface area contributed by atoms with E-state index in [1.165, 1.54) is 12.3 Å². The third kappa shape index (κ3) is 2.00. The first-order valence-electron chi connectivity index (χ1n) is 9.58. The van der Waals surface area contributed by atoms with Gasteiger partial charge in [0, 0.05) is 27.0 Å². The first-order chi connectivity index (χ1) is 13.2. The fraction of sp³-hybridized carbons (Fsp3) is 0.143. The molecule has 3 nitrogen and oxygen atoms in total. The lowest BCUT2D eigenvalue weighted by Gasteiger charge is -2.06. The molecular weight excluding hydrogens is 296 g/mol. The molecule has 4 aromatic rings. The van der Waals surface area contributed by atoms with Gasteiger partial charge in [0.25, 0.3) is 0 Å². The number of rotatable bonds is 1. The lowest BCUT2D eigenvalue weighted by molar-refractivity contribution is -0.660. The Bertz CT molecular complexity index is 1300. The minimum absolute atomic E-state index is 0.00849. The summed E-state index contributed by atoms with van der Waals surface area (Å²) in [5, 5.41) is 11.1.